The lowest BCUT2D eigenvalue weighted by Crippen LogP contribution is -2.30. The predicted octanol–water partition coefficient (Wildman–Crippen LogP) is 4.25. The van der Waals surface area contributed by atoms with Crippen LogP contribution in [0.4, 0.5) is 11.6 Å². The Morgan fingerprint density at radius 2 is 1.93 bits per heavy atom. The molecule has 4 rings (SSSR count). The van der Waals surface area contributed by atoms with Crippen LogP contribution in [0.25, 0.3) is 22.3 Å². The molecule has 0 radical (unpaired) electrons. The molecule has 0 aliphatic carbocycles. The average molecular weight is 386 g/mol. The van der Waals surface area contributed by atoms with E-state index in [0.29, 0.717) is 24.6 Å². The van der Waals surface area contributed by atoms with Gasteiger partial charge < -0.3 is 15.2 Å². The number of aromatic nitrogens is 4. The van der Waals surface area contributed by atoms with Crippen molar-refractivity contribution >= 4 is 28.6 Å². The Morgan fingerprint density at radius 3 is 2.76 bits per heavy atom. The second kappa shape index (κ2) is 8.10. The first-order valence-electron chi connectivity index (χ1n) is 9.61. The molecule has 146 valence electrons. The molecule has 0 saturated carbocycles. The molecular formula is C22H22N6O. The third-order valence-corrected chi connectivity index (χ3v) is 4.79. The minimum atomic E-state index is 0.0145. The summed E-state index contributed by atoms with van der Waals surface area (Å²) in [7, 11) is 0. The largest absolute Gasteiger partial charge is 0.345 e. The van der Waals surface area contributed by atoms with Gasteiger partial charge >= 0.3 is 0 Å². The molecule has 0 bridgehead atoms. The van der Waals surface area contributed by atoms with Crippen LogP contribution in [-0.2, 0) is 0 Å². The molecule has 0 spiro atoms. The number of H-pyrrole nitrogens is 1. The molecule has 0 saturated heterocycles. The summed E-state index contributed by atoms with van der Waals surface area (Å²) in [6.07, 6.45) is 3.39. The maximum absolute atomic E-state index is 12.6. The molecule has 0 fully saturated rings. The summed E-state index contributed by atoms with van der Waals surface area (Å²) in [6.45, 7) is 5.31. The van der Waals surface area contributed by atoms with E-state index in [1.807, 2.05) is 62.4 Å². The first-order valence-corrected chi connectivity index (χ1v) is 9.61. The molecule has 7 nitrogen and oxygen atoms in total. The van der Waals surface area contributed by atoms with Gasteiger partial charge in [0.25, 0.3) is 5.91 Å². The number of fused-ring (bicyclic) bond motifs is 1. The summed E-state index contributed by atoms with van der Waals surface area (Å²) in [4.78, 5) is 30.7. The Hall–Kier alpha value is -3.74. The highest BCUT2D eigenvalue weighted by molar-refractivity contribution is 5.95. The van der Waals surface area contributed by atoms with E-state index in [4.69, 9.17) is 0 Å². The van der Waals surface area contributed by atoms with Crippen LogP contribution in [0.1, 0.15) is 24.2 Å². The fourth-order valence-electron chi connectivity index (χ4n) is 3.22. The summed E-state index contributed by atoms with van der Waals surface area (Å²) in [5.74, 6) is 0.484. The van der Waals surface area contributed by atoms with Gasteiger partial charge in [-0.25, -0.2) is 15.0 Å². The Kier molecular flexibility index (Phi) is 5.20. The summed E-state index contributed by atoms with van der Waals surface area (Å²) in [5, 5.41) is 3.20. The monoisotopic (exact) mass is 386 g/mol. The number of imidazole rings is 1. The van der Waals surface area contributed by atoms with Crippen molar-refractivity contribution < 1.29 is 4.79 Å². The molecule has 7 heteroatoms. The number of rotatable bonds is 6. The number of amides is 1. The van der Waals surface area contributed by atoms with Crippen molar-refractivity contribution in [2.45, 2.75) is 13.8 Å². The van der Waals surface area contributed by atoms with Crippen LogP contribution in [0.15, 0.2) is 61.1 Å². The average Bonchev–Trinajstić information content (AvgIpc) is 3.23. The number of hydrogen-bond acceptors (Lipinski definition) is 5. The van der Waals surface area contributed by atoms with E-state index < -0.39 is 0 Å². The van der Waals surface area contributed by atoms with Crippen LogP contribution >= 0.6 is 0 Å². The minimum Gasteiger partial charge on any atom is -0.345 e. The molecule has 4 aromatic rings. The highest BCUT2D eigenvalue weighted by Crippen LogP contribution is 2.23. The number of nitrogens with zero attached hydrogens (tertiary/aromatic N) is 4. The normalized spacial score (nSPS) is 10.8. The topological polar surface area (TPSA) is 86.8 Å². The van der Waals surface area contributed by atoms with E-state index in [2.05, 4.69) is 25.3 Å². The van der Waals surface area contributed by atoms with Gasteiger partial charge in [-0.15, -0.1) is 0 Å². The maximum atomic E-state index is 12.6. The van der Waals surface area contributed by atoms with Crippen LogP contribution in [0.5, 0.6) is 0 Å². The van der Waals surface area contributed by atoms with Crippen LogP contribution in [-0.4, -0.2) is 43.8 Å². The molecule has 1 amide bonds. The fraction of sp³-hybridized carbons (Fsp3) is 0.182. The summed E-state index contributed by atoms with van der Waals surface area (Å²) >= 11 is 0. The number of nitrogens with one attached hydrogen (secondary N) is 2. The molecule has 29 heavy (non-hydrogen) atoms. The van der Waals surface area contributed by atoms with Crippen molar-refractivity contribution in [1.29, 1.82) is 0 Å². The van der Waals surface area contributed by atoms with Crippen molar-refractivity contribution in [2.24, 2.45) is 0 Å². The molecule has 0 aliphatic heterocycles. The van der Waals surface area contributed by atoms with Crippen LogP contribution in [0, 0.1) is 0 Å². The first kappa shape index (κ1) is 18.6. The third-order valence-electron chi connectivity index (χ3n) is 4.79. The van der Waals surface area contributed by atoms with Gasteiger partial charge in [-0.1, -0.05) is 12.1 Å². The van der Waals surface area contributed by atoms with Gasteiger partial charge in [-0.2, -0.15) is 0 Å². The van der Waals surface area contributed by atoms with Crippen molar-refractivity contribution in [1.82, 2.24) is 24.8 Å². The number of carbonyl (C=O) groups excluding carboxylic acids is 1. The Morgan fingerprint density at radius 1 is 1.07 bits per heavy atom. The van der Waals surface area contributed by atoms with Crippen LogP contribution in [0.3, 0.4) is 0 Å². The second-order valence-electron chi connectivity index (χ2n) is 6.58. The summed E-state index contributed by atoms with van der Waals surface area (Å²) in [5.41, 5.74) is 5.03. The number of carbonyl (C=O) groups is 1. The lowest BCUT2D eigenvalue weighted by atomic mass is 10.1. The lowest BCUT2D eigenvalue weighted by Gasteiger charge is -2.19. The van der Waals surface area contributed by atoms with Crippen molar-refractivity contribution in [3.8, 4) is 11.3 Å². The molecule has 0 aliphatic rings. The summed E-state index contributed by atoms with van der Waals surface area (Å²) in [6, 6.07) is 15.2. The zero-order valence-corrected chi connectivity index (χ0v) is 16.4. The molecular weight excluding hydrogens is 364 g/mol. The van der Waals surface area contributed by atoms with Gasteiger partial charge in [0.2, 0.25) is 5.95 Å². The molecule has 2 N–H and O–H groups in total. The van der Waals surface area contributed by atoms with Gasteiger partial charge in [-0.05, 0) is 50.2 Å². The smallest absolute Gasteiger partial charge is 0.253 e. The molecule has 0 unspecified atom stereocenters. The van der Waals surface area contributed by atoms with E-state index >= 15 is 0 Å². The lowest BCUT2D eigenvalue weighted by molar-refractivity contribution is 0.0773. The first-order chi connectivity index (χ1) is 14.2. The van der Waals surface area contributed by atoms with Gasteiger partial charge in [0, 0.05) is 36.1 Å². The standard InChI is InChI=1S/C22H22N6O/c1-3-28(4-2)21(29)16-6-5-7-17(12-16)26-22-23-11-10-18(27-22)15-8-9-19-20(13-15)25-14-24-19/h5-14H,3-4H2,1-2H3,(H,24,25)(H,23,26,27). The second-order valence-corrected chi connectivity index (χ2v) is 6.58. The minimum absolute atomic E-state index is 0.0145. The van der Waals surface area contributed by atoms with Gasteiger partial charge in [0.05, 0.1) is 23.1 Å². The number of benzene rings is 2. The molecule has 2 heterocycles. The molecule has 0 atom stereocenters. The van der Waals surface area contributed by atoms with E-state index in [9.17, 15) is 4.79 Å². The molecule has 2 aromatic heterocycles. The Balaban J connectivity index is 1.58. The maximum Gasteiger partial charge on any atom is 0.253 e. The van der Waals surface area contributed by atoms with Crippen molar-refractivity contribution in [2.75, 3.05) is 18.4 Å². The summed E-state index contributed by atoms with van der Waals surface area (Å²) < 4.78 is 0. The number of hydrogen-bond donors (Lipinski definition) is 2. The van der Waals surface area contributed by atoms with E-state index in [1.165, 1.54) is 0 Å². The van der Waals surface area contributed by atoms with Gasteiger partial charge in [-0.3, -0.25) is 4.79 Å². The highest BCUT2D eigenvalue weighted by atomic mass is 16.2. The van der Waals surface area contributed by atoms with Gasteiger partial charge in [0.15, 0.2) is 0 Å². The zero-order valence-electron chi connectivity index (χ0n) is 16.4. The predicted molar refractivity (Wildman–Crippen MR) is 114 cm³/mol. The van der Waals surface area contributed by atoms with Crippen molar-refractivity contribution in [3.05, 3.63) is 66.6 Å². The SMILES string of the molecule is CCN(CC)C(=O)c1cccc(Nc2nccc(-c3ccc4[nH]cnc4c3)n2)c1. The van der Waals surface area contributed by atoms with E-state index in [-0.39, 0.29) is 5.91 Å². The zero-order chi connectivity index (χ0) is 20.2. The van der Waals surface area contributed by atoms with E-state index in [0.717, 1.165) is 28.0 Å². The van der Waals surface area contributed by atoms with E-state index in [1.54, 1.807) is 17.4 Å². The molecule has 2 aromatic carbocycles. The van der Waals surface area contributed by atoms with Crippen molar-refractivity contribution in [3.63, 3.8) is 0 Å². The van der Waals surface area contributed by atoms with Crippen LogP contribution in [0.2, 0.25) is 0 Å². The number of aromatic amines is 1. The van der Waals surface area contributed by atoms with Gasteiger partial charge in [0.1, 0.15) is 0 Å². The third kappa shape index (κ3) is 3.94. The Bertz CT molecular complexity index is 1150. The highest BCUT2D eigenvalue weighted by Gasteiger charge is 2.13. The quantitative estimate of drug-likeness (QED) is 0.517. The fourth-order valence-corrected chi connectivity index (χ4v) is 3.22. The number of anilines is 2. The van der Waals surface area contributed by atoms with Crippen LogP contribution < -0.4 is 5.32 Å². The Labute approximate surface area is 168 Å².